The van der Waals surface area contributed by atoms with E-state index in [0.717, 1.165) is 17.7 Å². The van der Waals surface area contributed by atoms with Crippen molar-refractivity contribution in [3.05, 3.63) is 71.5 Å². The molecule has 1 aliphatic heterocycles. The molecule has 0 bridgehead atoms. The van der Waals surface area contributed by atoms with Gasteiger partial charge in [0.2, 0.25) is 5.91 Å². The summed E-state index contributed by atoms with van der Waals surface area (Å²) in [6.07, 6.45) is 0. The molecule has 0 spiro atoms. The van der Waals surface area contributed by atoms with Crippen LogP contribution in [0.4, 0.5) is 4.39 Å². The molecule has 6 heteroatoms. The van der Waals surface area contributed by atoms with Gasteiger partial charge in [-0.3, -0.25) is 4.79 Å². The van der Waals surface area contributed by atoms with Gasteiger partial charge in [0.25, 0.3) is 0 Å². The van der Waals surface area contributed by atoms with E-state index in [1.54, 1.807) is 12.1 Å². The first-order chi connectivity index (χ1) is 13.1. The van der Waals surface area contributed by atoms with Crippen LogP contribution < -0.4 is 10.6 Å². The summed E-state index contributed by atoms with van der Waals surface area (Å²) in [6.45, 7) is 4.44. The highest BCUT2D eigenvalue weighted by Gasteiger charge is 2.39. The van der Waals surface area contributed by atoms with Gasteiger partial charge in [0.15, 0.2) is 5.11 Å². The van der Waals surface area contributed by atoms with Crippen molar-refractivity contribution in [3.63, 3.8) is 0 Å². The highest BCUT2D eigenvalue weighted by Crippen LogP contribution is 2.33. The lowest BCUT2D eigenvalue weighted by molar-refractivity contribution is -0.125. The molecule has 1 fully saturated rings. The third kappa shape index (κ3) is 4.83. The quantitative estimate of drug-likeness (QED) is 0.777. The third-order valence-electron chi connectivity index (χ3n) is 4.88. The van der Waals surface area contributed by atoms with Crippen LogP contribution >= 0.6 is 12.2 Å². The molecule has 0 aliphatic carbocycles. The molecule has 0 aromatic heterocycles. The van der Waals surface area contributed by atoms with E-state index < -0.39 is 0 Å². The second kappa shape index (κ2) is 8.95. The Hall–Kier alpha value is -2.47. The summed E-state index contributed by atoms with van der Waals surface area (Å²) in [5.74, 6) is -0.395. The van der Waals surface area contributed by atoms with Gasteiger partial charge in [-0.05, 0) is 42.4 Å². The largest absolute Gasteiger partial charge is 0.363 e. The van der Waals surface area contributed by atoms with Gasteiger partial charge in [-0.1, -0.05) is 42.5 Å². The lowest BCUT2D eigenvalue weighted by atomic mass is 9.88. The lowest BCUT2D eigenvalue weighted by Crippen LogP contribution is -2.39. The minimum absolute atomic E-state index is 0.00465. The van der Waals surface area contributed by atoms with Gasteiger partial charge >= 0.3 is 0 Å². The number of benzene rings is 2. The van der Waals surface area contributed by atoms with Crippen molar-refractivity contribution in [2.24, 2.45) is 5.92 Å². The smallest absolute Gasteiger partial charge is 0.225 e. The van der Waals surface area contributed by atoms with Gasteiger partial charge in [-0.25, -0.2) is 4.39 Å². The van der Waals surface area contributed by atoms with Crippen molar-refractivity contribution < 1.29 is 9.18 Å². The number of thiocarbonyl (C=S) groups is 1. The van der Waals surface area contributed by atoms with Gasteiger partial charge in [0.05, 0.1) is 5.92 Å². The highest BCUT2D eigenvalue weighted by atomic mass is 32.1. The number of halogens is 1. The first-order valence-electron chi connectivity index (χ1n) is 9.18. The van der Waals surface area contributed by atoms with E-state index in [2.05, 4.69) is 27.7 Å². The van der Waals surface area contributed by atoms with Gasteiger partial charge in [0, 0.05) is 32.1 Å². The molecular weight excluding hydrogens is 361 g/mol. The molecule has 2 atom stereocenters. The van der Waals surface area contributed by atoms with Crippen molar-refractivity contribution >= 4 is 23.2 Å². The molecule has 3 rings (SSSR count). The van der Waals surface area contributed by atoms with Crippen molar-refractivity contribution in [1.82, 2.24) is 15.5 Å². The minimum atomic E-state index is -0.280. The van der Waals surface area contributed by atoms with E-state index in [-0.39, 0.29) is 23.6 Å². The first kappa shape index (κ1) is 19.3. The zero-order valence-corrected chi connectivity index (χ0v) is 16.1. The molecule has 2 aromatic rings. The first-order valence-corrected chi connectivity index (χ1v) is 9.59. The third-order valence-corrected chi connectivity index (χ3v) is 5.28. The van der Waals surface area contributed by atoms with Gasteiger partial charge in [-0.15, -0.1) is 0 Å². The van der Waals surface area contributed by atoms with Gasteiger partial charge in [-0.2, -0.15) is 0 Å². The standard InChI is InChI=1S/C21H24FN3OS/c1-2-23-21(27)25-13-18(16-6-4-3-5-7-16)19(14-25)20(26)24-12-15-8-10-17(22)11-9-15/h3-11,18-19H,2,12-14H2,1H3,(H,23,27)(H,24,26)/t18-,19+/m0/s1. The summed E-state index contributed by atoms with van der Waals surface area (Å²) in [7, 11) is 0. The molecular formula is C21H24FN3OS. The summed E-state index contributed by atoms with van der Waals surface area (Å²) < 4.78 is 13.0. The number of likely N-dealkylation sites (tertiary alicyclic amines) is 1. The van der Waals surface area contributed by atoms with E-state index in [9.17, 15) is 9.18 Å². The van der Waals surface area contributed by atoms with Crippen LogP contribution in [0, 0.1) is 11.7 Å². The lowest BCUT2D eigenvalue weighted by Gasteiger charge is -2.19. The topological polar surface area (TPSA) is 44.4 Å². The Kier molecular flexibility index (Phi) is 6.40. The van der Waals surface area contributed by atoms with Crippen LogP contribution in [0.5, 0.6) is 0 Å². The van der Waals surface area contributed by atoms with Crippen LogP contribution in [-0.4, -0.2) is 35.6 Å². The SMILES string of the molecule is CCNC(=S)N1C[C@@H](C(=O)NCc2ccc(F)cc2)[C@H](c2ccccc2)C1. The molecule has 2 aromatic carbocycles. The van der Waals surface area contributed by atoms with Gasteiger partial charge < -0.3 is 15.5 Å². The predicted molar refractivity (Wildman–Crippen MR) is 109 cm³/mol. The summed E-state index contributed by atoms with van der Waals surface area (Å²) in [6, 6.07) is 16.3. The maximum Gasteiger partial charge on any atom is 0.225 e. The molecule has 2 N–H and O–H groups in total. The molecule has 27 heavy (non-hydrogen) atoms. The number of carbonyl (C=O) groups excluding carboxylic acids is 1. The van der Waals surface area contributed by atoms with Crippen LogP contribution in [0.25, 0.3) is 0 Å². The number of nitrogens with zero attached hydrogens (tertiary/aromatic N) is 1. The highest BCUT2D eigenvalue weighted by molar-refractivity contribution is 7.80. The van der Waals surface area contributed by atoms with E-state index in [1.807, 2.05) is 25.1 Å². The molecule has 1 saturated heterocycles. The molecule has 142 valence electrons. The number of hydrogen-bond donors (Lipinski definition) is 2. The summed E-state index contributed by atoms with van der Waals surface area (Å²) in [4.78, 5) is 15.0. The second-order valence-corrected chi connectivity index (χ2v) is 7.10. The van der Waals surface area contributed by atoms with Crippen LogP contribution in [-0.2, 0) is 11.3 Å². The summed E-state index contributed by atoms with van der Waals surface area (Å²) in [5.41, 5.74) is 2.01. The molecule has 1 heterocycles. The van der Waals surface area contributed by atoms with Crippen LogP contribution in [0.2, 0.25) is 0 Å². The minimum Gasteiger partial charge on any atom is -0.363 e. The maximum absolute atomic E-state index is 13.0. The summed E-state index contributed by atoms with van der Waals surface area (Å²) >= 11 is 5.46. The Morgan fingerprint density at radius 3 is 2.48 bits per heavy atom. The average molecular weight is 386 g/mol. The second-order valence-electron chi connectivity index (χ2n) is 6.71. The Balaban J connectivity index is 1.71. The normalized spacial score (nSPS) is 19.0. The Morgan fingerprint density at radius 1 is 1.11 bits per heavy atom. The van der Waals surface area contributed by atoms with Gasteiger partial charge in [0.1, 0.15) is 5.82 Å². The number of nitrogens with one attached hydrogen (secondary N) is 2. The van der Waals surface area contributed by atoms with Crippen LogP contribution in [0.1, 0.15) is 24.0 Å². The zero-order valence-electron chi connectivity index (χ0n) is 15.3. The number of rotatable bonds is 5. The number of hydrogen-bond acceptors (Lipinski definition) is 2. The van der Waals surface area contributed by atoms with E-state index in [1.165, 1.54) is 12.1 Å². The molecule has 4 nitrogen and oxygen atoms in total. The van der Waals surface area contributed by atoms with E-state index in [4.69, 9.17) is 12.2 Å². The van der Waals surface area contributed by atoms with Crippen molar-refractivity contribution in [1.29, 1.82) is 0 Å². The molecule has 0 saturated carbocycles. The Bertz CT molecular complexity index is 782. The Morgan fingerprint density at radius 2 is 1.81 bits per heavy atom. The van der Waals surface area contributed by atoms with Crippen LogP contribution in [0.3, 0.4) is 0 Å². The molecule has 0 unspecified atom stereocenters. The molecule has 1 amide bonds. The monoisotopic (exact) mass is 385 g/mol. The van der Waals surface area contributed by atoms with E-state index >= 15 is 0 Å². The fraction of sp³-hybridized carbons (Fsp3) is 0.333. The number of carbonyl (C=O) groups is 1. The fourth-order valence-electron chi connectivity index (χ4n) is 3.46. The molecule has 0 radical (unpaired) electrons. The predicted octanol–water partition coefficient (Wildman–Crippen LogP) is 3.05. The van der Waals surface area contributed by atoms with E-state index in [0.29, 0.717) is 24.7 Å². The average Bonchev–Trinajstić information content (AvgIpc) is 3.14. The van der Waals surface area contributed by atoms with Crippen molar-refractivity contribution in [2.75, 3.05) is 19.6 Å². The van der Waals surface area contributed by atoms with Crippen molar-refractivity contribution in [3.8, 4) is 0 Å². The van der Waals surface area contributed by atoms with Crippen LogP contribution in [0.15, 0.2) is 54.6 Å². The number of amides is 1. The van der Waals surface area contributed by atoms with Crippen molar-refractivity contribution in [2.45, 2.75) is 19.4 Å². The summed E-state index contributed by atoms with van der Waals surface area (Å²) in [5, 5.41) is 6.86. The fourth-order valence-corrected chi connectivity index (χ4v) is 3.75. The zero-order chi connectivity index (χ0) is 19.2. The Labute approximate surface area is 164 Å². The molecule has 1 aliphatic rings. The maximum atomic E-state index is 13.0.